The van der Waals surface area contributed by atoms with Crippen molar-refractivity contribution in [2.24, 2.45) is 0 Å². The van der Waals surface area contributed by atoms with Crippen molar-refractivity contribution >= 4 is 32.9 Å². The molecule has 3 heterocycles. The molecular formula is C21H22N4OS. The minimum atomic E-state index is -0.143. The fraction of sp³-hybridized carbons (Fsp3) is 0.333. The molecule has 1 saturated carbocycles. The third kappa shape index (κ3) is 3.09. The van der Waals surface area contributed by atoms with Gasteiger partial charge in [-0.3, -0.25) is 0 Å². The van der Waals surface area contributed by atoms with Gasteiger partial charge < -0.3 is 10.4 Å². The SMILES string of the molecule is Cc1cccc2cc(-c3cnc4ccc(NC5CCC(O)CC5)nn34)sc12. The molecule has 0 saturated heterocycles. The summed E-state index contributed by atoms with van der Waals surface area (Å²) in [5.74, 6) is 0.862. The lowest BCUT2D eigenvalue weighted by Crippen LogP contribution is -2.28. The van der Waals surface area contributed by atoms with Gasteiger partial charge in [0.25, 0.3) is 0 Å². The molecule has 0 atom stereocenters. The van der Waals surface area contributed by atoms with E-state index < -0.39 is 0 Å². The average Bonchev–Trinajstić information content (AvgIpc) is 3.28. The number of benzene rings is 1. The Morgan fingerprint density at radius 3 is 2.81 bits per heavy atom. The molecule has 0 aliphatic heterocycles. The van der Waals surface area contributed by atoms with Crippen LogP contribution in [0, 0.1) is 6.92 Å². The summed E-state index contributed by atoms with van der Waals surface area (Å²) in [6.45, 7) is 2.15. The summed E-state index contributed by atoms with van der Waals surface area (Å²) >= 11 is 1.79. The van der Waals surface area contributed by atoms with Gasteiger partial charge in [-0.1, -0.05) is 18.2 Å². The molecule has 0 bridgehead atoms. The molecule has 0 unspecified atom stereocenters. The van der Waals surface area contributed by atoms with Crippen molar-refractivity contribution in [2.45, 2.75) is 44.8 Å². The quantitative estimate of drug-likeness (QED) is 0.545. The fourth-order valence-corrected chi connectivity index (χ4v) is 5.01. The van der Waals surface area contributed by atoms with Crippen molar-refractivity contribution in [3.63, 3.8) is 0 Å². The first-order valence-corrected chi connectivity index (χ1v) is 10.3. The van der Waals surface area contributed by atoms with Crippen LogP contribution in [-0.2, 0) is 0 Å². The summed E-state index contributed by atoms with van der Waals surface area (Å²) in [7, 11) is 0. The molecule has 4 aromatic rings. The van der Waals surface area contributed by atoms with Crippen LogP contribution >= 0.6 is 11.3 Å². The van der Waals surface area contributed by atoms with Gasteiger partial charge in [-0.05, 0) is 61.8 Å². The van der Waals surface area contributed by atoms with E-state index in [1.54, 1.807) is 11.3 Å². The van der Waals surface area contributed by atoms with Crippen molar-refractivity contribution in [3.8, 4) is 10.6 Å². The largest absolute Gasteiger partial charge is 0.393 e. The zero-order valence-corrected chi connectivity index (χ0v) is 16.0. The predicted molar refractivity (Wildman–Crippen MR) is 110 cm³/mol. The number of rotatable bonds is 3. The highest BCUT2D eigenvalue weighted by Gasteiger charge is 2.20. The van der Waals surface area contributed by atoms with E-state index in [1.807, 2.05) is 22.8 Å². The van der Waals surface area contributed by atoms with Crippen LogP contribution in [0.15, 0.2) is 42.6 Å². The molecule has 0 spiro atoms. The molecule has 1 fully saturated rings. The van der Waals surface area contributed by atoms with E-state index in [9.17, 15) is 5.11 Å². The van der Waals surface area contributed by atoms with Gasteiger partial charge >= 0.3 is 0 Å². The second-order valence-electron chi connectivity index (χ2n) is 7.39. The summed E-state index contributed by atoms with van der Waals surface area (Å²) in [5, 5.41) is 19.3. The normalized spacial score (nSPS) is 20.4. The lowest BCUT2D eigenvalue weighted by Gasteiger charge is -2.26. The lowest BCUT2D eigenvalue weighted by molar-refractivity contribution is 0.126. The number of aromatic nitrogens is 3. The number of nitrogens with one attached hydrogen (secondary N) is 1. The minimum Gasteiger partial charge on any atom is -0.393 e. The van der Waals surface area contributed by atoms with E-state index >= 15 is 0 Å². The Hall–Kier alpha value is -2.44. The van der Waals surface area contributed by atoms with Crippen molar-refractivity contribution in [2.75, 3.05) is 5.32 Å². The Bertz CT molecular complexity index is 1110. The Morgan fingerprint density at radius 1 is 1.15 bits per heavy atom. The Morgan fingerprint density at radius 2 is 2.00 bits per heavy atom. The lowest BCUT2D eigenvalue weighted by atomic mass is 9.93. The van der Waals surface area contributed by atoms with Crippen LogP contribution < -0.4 is 5.32 Å². The third-order valence-corrected chi connectivity index (χ3v) is 6.71. The van der Waals surface area contributed by atoms with Crippen LogP contribution in [0.5, 0.6) is 0 Å². The van der Waals surface area contributed by atoms with Crippen LogP contribution in [0.2, 0.25) is 0 Å². The smallest absolute Gasteiger partial charge is 0.154 e. The van der Waals surface area contributed by atoms with Crippen molar-refractivity contribution < 1.29 is 5.11 Å². The Labute approximate surface area is 161 Å². The molecular weight excluding hydrogens is 356 g/mol. The Kier molecular flexibility index (Phi) is 4.10. The molecule has 1 aliphatic rings. The number of thiophene rings is 1. The van der Waals surface area contributed by atoms with Gasteiger partial charge in [0.05, 0.1) is 17.2 Å². The summed E-state index contributed by atoms with van der Waals surface area (Å²) < 4.78 is 3.25. The molecule has 27 heavy (non-hydrogen) atoms. The number of aliphatic hydroxyl groups excluding tert-OH is 1. The standard InChI is InChI=1S/C21H22N4OS/c1-13-3-2-4-14-11-18(27-21(13)14)17-12-22-20-10-9-19(24-25(17)20)23-15-5-7-16(26)8-6-15/h2-4,9-12,15-16,26H,5-8H2,1H3,(H,23,24). The average molecular weight is 379 g/mol. The number of imidazole rings is 1. The van der Waals surface area contributed by atoms with Crippen LogP contribution in [0.25, 0.3) is 26.3 Å². The van der Waals surface area contributed by atoms with Crippen molar-refractivity contribution in [3.05, 3.63) is 48.2 Å². The van der Waals surface area contributed by atoms with Gasteiger partial charge in [0.15, 0.2) is 5.65 Å². The summed E-state index contributed by atoms with van der Waals surface area (Å²) in [6.07, 6.45) is 5.44. The van der Waals surface area contributed by atoms with Crippen LogP contribution in [0.1, 0.15) is 31.2 Å². The number of aryl methyl sites for hydroxylation is 1. The van der Waals surface area contributed by atoms with Gasteiger partial charge in [0.2, 0.25) is 0 Å². The molecule has 3 aromatic heterocycles. The zero-order chi connectivity index (χ0) is 18.4. The van der Waals surface area contributed by atoms with E-state index in [1.165, 1.54) is 20.5 Å². The van der Waals surface area contributed by atoms with Crippen LogP contribution in [0.4, 0.5) is 5.82 Å². The van der Waals surface area contributed by atoms with E-state index in [4.69, 9.17) is 5.10 Å². The molecule has 5 rings (SSSR count). The second-order valence-corrected chi connectivity index (χ2v) is 8.44. The van der Waals surface area contributed by atoms with Crippen molar-refractivity contribution in [1.29, 1.82) is 0 Å². The topological polar surface area (TPSA) is 62.5 Å². The number of nitrogens with zero attached hydrogens (tertiary/aromatic N) is 3. The molecule has 0 amide bonds. The van der Waals surface area contributed by atoms with E-state index in [0.29, 0.717) is 6.04 Å². The first kappa shape index (κ1) is 16.7. The molecule has 2 N–H and O–H groups in total. The molecule has 5 nitrogen and oxygen atoms in total. The van der Waals surface area contributed by atoms with Gasteiger partial charge in [-0.2, -0.15) is 0 Å². The highest BCUT2D eigenvalue weighted by atomic mass is 32.1. The van der Waals surface area contributed by atoms with Crippen molar-refractivity contribution in [1.82, 2.24) is 14.6 Å². The van der Waals surface area contributed by atoms with Gasteiger partial charge in [-0.25, -0.2) is 9.50 Å². The summed E-state index contributed by atoms with van der Waals surface area (Å²) in [5.41, 5.74) is 3.17. The summed E-state index contributed by atoms with van der Waals surface area (Å²) in [4.78, 5) is 5.71. The van der Waals surface area contributed by atoms with E-state index in [0.717, 1.165) is 42.8 Å². The predicted octanol–water partition coefficient (Wildman–Crippen LogP) is 4.63. The first-order valence-electron chi connectivity index (χ1n) is 9.46. The molecule has 6 heteroatoms. The van der Waals surface area contributed by atoms with Crippen LogP contribution in [-0.4, -0.2) is 31.9 Å². The van der Waals surface area contributed by atoms with Crippen LogP contribution in [0.3, 0.4) is 0 Å². The minimum absolute atomic E-state index is 0.143. The molecule has 138 valence electrons. The third-order valence-electron chi connectivity index (χ3n) is 5.40. The maximum Gasteiger partial charge on any atom is 0.154 e. The molecule has 1 aliphatic carbocycles. The van der Waals surface area contributed by atoms with E-state index in [2.05, 4.69) is 41.5 Å². The number of hydrogen-bond acceptors (Lipinski definition) is 5. The zero-order valence-electron chi connectivity index (χ0n) is 15.2. The van der Waals surface area contributed by atoms with Gasteiger partial charge in [0, 0.05) is 10.7 Å². The highest BCUT2D eigenvalue weighted by Crippen LogP contribution is 2.35. The van der Waals surface area contributed by atoms with E-state index in [-0.39, 0.29) is 6.10 Å². The maximum absolute atomic E-state index is 9.69. The number of anilines is 1. The number of fused-ring (bicyclic) bond motifs is 2. The molecule has 0 radical (unpaired) electrons. The monoisotopic (exact) mass is 378 g/mol. The number of hydrogen-bond donors (Lipinski definition) is 2. The molecule has 1 aromatic carbocycles. The maximum atomic E-state index is 9.69. The van der Waals surface area contributed by atoms with Gasteiger partial charge in [0.1, 0.15) is 11.5 Å². The summed E-state index contributed by atoms with van der Waals surface area (Å²) in [6, 6.07) is 13.0. The Balaban J connectivity index is 1.50. The highest BCUT2D eigenvalue weighted by molar-refractivity contribution is 7.22. The first-order chi connectivity index (χ1) is 13.2. The fourth-order valence-electron chi connectivity index (χ4n) is 3.88. The van der Waals surface area contributed by atoms with Gasteiger partial charge in [-0.15, -0.1) is 16.4 Å². The second kappa shape index (κ2) is 6.62. The number of aliphatic hydroxyl groups is 1.